The highest BCUT2D eigenvalue weighted by Gasteiger charge is 2.34. The predicted octanol–water partition coefficient (Wildman–Crippen LogP) is 3.86. The number of unbranched alkanes of at least 4 members (excludes halogenated alkanes) is 2. The molecule has 2 rings (SSSR count). The van der Waals surface area contributed by atoms with Gasteiger partial charge in [0.15, 0.2) is 5.96 Å². The van der Waals surface area contributed by atoms with E-state index < -0.39 is 0 Å². The second-order valence-electron chi connectivity index (χ2n) is 7.23. The van der Waals surface area contributed by atoms with Crippen molar-refractivity contribution in [3.05, 3.63) is 35.9 Å². The molecule has 5 nitrogen and oxygen atoms in total. The first-order chi connectivity index (χ1) is 12.7. The molecule has 27 heavy (non-hydrogen) atoms. The molecule has 0 bridgehead atoms. The first kappa shape index (κ1) is 24.2. The van der Waals surface area contributed by atoms with Crippen molar-refractivity contribution in [3.63, 3.8) is 0 Å². The summed E-state index contributed by atoms with van der Waals surface area (Å²) in [5, 5.41) is 10.8. The number of hydrogen-bond donors (Lipinski definition) is 3. The summed E-state index contributed by atoms with van der Waals surface area (Å²) in [5.74, 6) is 0.890. The molecule has 0 radical (unpaired) electrons. The van der Waals surface area contributed by atoms with Gasteiger partial charge in [-0.05, 0) is 31.7 Å². The van der Waals surface area contributed by atoms with Crippen molar-refractivity contribution >= 4 is 29.9 Å². The molecule has 1 unspecified atom stereocenters. The molecule has 1 aromatic rings. The molecule has 1 fully saturated rings. The van der Waals surface area contributed by atoms with Crippen LogP contribution in [-0.4, -0.2) is 44.8 Å². The van der Waals surface area contributed by atoms with Gasteiger partial charge < -0.3 is 20.7 Å². The Kier molecular flexibility index (Phi) is 11.9. The third-order valence-electron chi connectivity index (χ3n) is 5.16. The lowest BCUT2D eigenvalue weighted by atomic mass is 9.88. The van der Waals surface area contributed by atoms with Crippen molar-refractivity contribution in [2.24, 2.45) is 4.99 Å². The molecule has 0 saturated carbocycles. The molecule has 1 atom stereocenters. The number of halogens is 1. The van der Waals surface area contributed by atoms with E-state index in [2.05, 4.69) is 65.1 Å². The highest BCUT2D eigenvalue weighted by Crippen LogP contribution is 2.25. The minimum Gasteiger partial charge on any atom is -0.381 e. The van der Waals surface area contributed by atoms with E-state index >= 15 is 0 Å². The lowest BCUT2D eigenvalue weighted by Crippen LogP contribution is -2.58. The zero-order chi connectivity index (χ0) is 18.7. The number of guanidine groups is 1. The molecule has 154 valence electrons. The maximum atomic E-state index is 5.62. The molecule has 0 amide bonds. The van der Waals surface area contributed by atoms with Crippen molar-refractivity contribution in [1.82, 2.24) is 16.0 Å². The minimum atomic E-state index is 0. The molecular formula is C21H37IN4O. The maximum absolute atomic E-state index is 5.62. The number of hydrogen-bond acceptors (Lipinski definition) is 3. The molecule has 1 aliphatic rings. The van der Waals surface area contributed by atoms with E-state index in [4.69, 9.17) is 4.74 Å². The normalized spacial score (nSPS) is 17.7. The number of nitrogens with zero attached hydrogens (tertiary/aromatic N) is 1. The number of benzene rings is 1. The lowest BCUT2D eigenvalue weighted by Gasteiger charge is -2.41. The van der Waals surface area contributed by atoms with Gasteiger partial charge in [0, 0.05) is 44.9 Å². The molecule has 0 aliphatic carbocycles. The van der Waals surface area contributed by atoms with Gasteiger partial charge in [-0.2, -0.15) is 0 Å². The standard InChI is InChI=1S/C21H36N4O.HI/c1-4-5-9-14-23-20(22-3)24-17-21(12-15-26-16-13-21)25-18(2)19-10-7-6-8-11-19;/h6-8,10-11,18,25H,4-5,9,12-17H2,1-3H3,(H2,22,23,24);1H. The van der Waals surface area contributed by atoms with Gasteiger partial charge in [0.05, 0.1) is 0 Å². The third-order valence-corrected chi connectivity index (χ3v) is 5.16. The SMILES string of the molecule is CCCCCNC(=NC)NCC1(NC(C)c2ccccc2)CCOCC1.I. The topological polar surface area (TPSA) is 57.7 Å². The summed E-state index contributed by atoms with van der Waals surface area (Å²) in [7, 11) is 1.84. The minimum absolute atomic E-state index is 0. The average Bonchev–Trinajstić information content (AvgIpc) is 2.69. The number of aliphatic imine (C=N–C) groups is 1. The van der Waals surface area contributed by atoms with Gasteiger partial charge in [0.25, 0.3) is 0 Å². The quantitative estimate of drug-likeness (QED) is 0.214. The van der Waals surface area contributed by atoms with Crippen molar-refractivity contribution in [3.8, 4) is 0 Å². The van der Waals surface area contributed by atoms with E-state index in [0.717, 1.165) is 45.1 Å². The van der Waals surface area contributed by atoms with Crippen LogP contribution in [0.2, 0.25) is 0 Å². The van der Waals surface area contributed by atoms with Crippen LogP contribution in [0.25, 0.3) is 0 Å². The molecule has 1 heterocycles. The molecule has 3 N–H and O–H groups in total. The Labute approximate surface area is 182 Å². The zero-order valence-corrected chi connectivity index (χ0v) is 19.4. The van der Waals surface area contributed by atoms with Crippen LogP contribution >= 0.6 is 24.0 Å². The second-order valence-corrected chi connectivity index (χ2v) is 7.23. The van der Waals surface area contributed by atoms with E-state index in [9.17, 15) is 0 Å². The molecule has 1 aromatic carbocycles. The van der Waals surface area contributed by atoms with E-state index in [1.807, 2.05) is 7.05 Å². The van der Waals surface area contributed by atoms with Crippen LogP contribution in [0.3, 0.4) is 0 Å². The van der Waals surface area contributed by atoms with E-state index in [0.29, 0.717) is 6.04 Å². The summed E-state index contributed by atoms with van der Waals surface area (Å²) < 4.78 is 5.62. The maximum Gasteiger partial charge on any atom is 0.191 e. The number of rotatable bonds is 9. The zero-order valence-electron chi connectivity index (χ0n) is 17.1. The Morgan fingerprint density at radius 1 is 1.15 bits per heavy atom. The van der Waals surface area contributed by atoms with Gasteiger partial charge in [0.1, 0.15) is 0 Å². The van der Waals surface area contributed by atoms with Crippen LogP contribution < -0.4 is 16.0 Å². The largest absolute Gasteiger partial charge is 0.381 e. The first-order valence-electron chi connectivity index (χ1n) is 10.0. The van der Waals surface area contributed by atoms with Gasteiger partial charge in [-0.25, -0.2) is 0 Å². The van der Waals surface area contributed by atoms with Crippen LogP contribution in [0, 0.1) is 0 Å². The van der Waals surface area contributed by atoms with Crippen LogP contribution in [0.4, 0.5) is 0 Å². The molecule has 6 heteroatoms. The van der Waals surface area contributed by atoms with E-state index in [1.165, 1.54) is 24.8 Å². The molecule has 1 aliphatic heterocycles. The molecular weight excluding hydrogens is 451 g/mol. The number of ether oxygens (including phenoxy) is 1. The summed E-state index contributed by atoms with van der Waals surface area (Å²) in [4.78, 5) is 4.37. The van der Waals surface area contributed by atoms with E-state index in [-0.39, 0.29) is 29.5 Å². The van der Waals surface area contributed by atoms with Crippen LogP contribution in [0.5, 0.6) is 0 Å². The molecule has 1 saturated heterocycles. The highest BCUT2D eigenvalue weighted by atomic mass is 127. The van der Waals surface area contributed by atoms with Gasteiger partial charge in [-0.3, -0.25) is 4.99 Å². The average molecular weight is 488 g/mol. The first-order valence-corrected chi connectivity index (χ1v) is 10.0. The highest BCUT2D eigenvalue weighted by molar-refractivity contribution is 14.0. The van der Waals surface area contributed by atoms with Gasteiger partial charge in [-0.15, -0.1) is 24.0 Å². The number of nitrogens with one attached hydrogen (secondary N) is 3. The van der Waals surface area contributed by atoms with Crippen molar-refractivity contribution < 1.29 is 4.74 Å². The fourth-order valence-corrected chi connectivity index (χ4v) is 3.47. The summed E-state index contributed by atoms with van der Waals surface area (Å²) in [6.45, 7) is 7.89. The molecule has 0 spiro atoms. The fraction of sp³-hybridized carbons (Fsp3) is 0.667. The van der Waals surface area contributed by atoms with Crippen LogP contribution in [0.15, 0.2) is 35.3 Å². The smallest absolute Gasteiger partial charge is 0.191 e. The Morgan fingerprint density at radius 3 is 2.48 bits per heavy atom. The summed E-state index contributed by atoms with van der Waals surface area (Å²) in [6, 6.07) is 10.9. The van der Waals surface area contributed by atoms with Crippen LogP contribution in [-0.2, 0) is 4.74 Å². The Hall–Kier alpha value is -0.860. The Bertz CT molecular complexity index is 532. The second kappa shape index (κ2) is 13.3. The van der Waals surface area contributed by atoms with Crippen molar-refractivity contribution in [2.45, 2.75) is 57.5 Å². The predicted molar refractivity (Wildman–Crippen MR) is 125 cm³/mol. The Balaban J connectivity index is 0.00000364. The summed E-state index contributed by atoms with van der Waals surface area (Å²) in [6.07, 6.45) is 5.67. The summed E-state index contributed by atoms with van der Waals surface area (Å²) in [5.41, 5.74) is 1.34. The fourth-order valence-electron chi connectivity index (χ4n) is 3.47. The van der Waals surface area contributed by atoms with E-state index in [1.54, 1.807) is 0 Å². The summed E-state index contributed by atoms with van der Waals surface area (Å²) >= 11 is 0. The van der Waals surface area contributed by atoms with Crippen molar-refractivity contribution in [1.29, 1.82) is 0 Å². The third kappa shape index (κ3) is 8.35. The monoisotopic (exact) mass is 488 g/mol. The molecule has 0 aromatic heterocycles. The van der Waals surface area contributed by atoms with Gasteiger partial charge >= 0.3 is 0 Å². The van der Waals surface area contributed by atoms with Crippen molar-refractivity contribution in [2.75, 3.05) is 33.4 Å². The Morgan fingerprint density at radius 2 is 1.85 bits per heavy atom. The van der Waals surface area contributed by atoms with Crippen LogP contribution in [0.1, 0.15) is 57.6 Å². The lowest BCUT2D eigenvalue weighted by molar-refractivity contribution is 0.0355. The van der Waals surface area contributed by atoms with Gasteiger partial charge in [0.2, 0.25) is 0 Å². The van der Waals surface area contributed by atoms with Gasteiger partial charge in [-0.1, -0.05) is 50.1 Å².